The first kappa shape index (κ1) is 19.5. The molecular weight excluding hydrogens is 366 g/mol. The molecule has 1 aromatic carbocycles. The van der Waals surface area contributed by atoms with Gasteiger partial charge < -0.3 is 15.2 Å². The molecule has 0 spiro atoms. The maximum Gasteiger partial charge on any atom is 0.451 e. The van der Waals surface area contributed by atoms with Crippen molar-refractivity contribution < 1.29 is 28.7 Å². The maximum atomic E-state index is 13.0. The van der Waals surface area contributed by atoms with E-state index in [9.17, 15) is 18.7 Å². The minimum atomic E-state index is -2.66. The molecule has 142 valence electrons. The maximum absolute atomic E-state index is 13.0. The van der Waals surface area contributed by atoms with Gasteiger partial charge in [-0.1, -0.05) is 24.1 Å². The molecule has 2 atom stereocenters. The second-order valence-electron chi connectivity index (χ2n) is 7.34. The van der Waals surface area contributed by atoms with E-state index < -0.39 is 24.9 Å². The van der Waals surface area contributed by atoms with Crippen molar-refractivity contribution in [1.82, 2.24) is 4.90 Å². The summed E-state index contributed by atoms with van der Waals surface area (Å²) in [7, 11) is -1.39. The Kier molecular flexibility index (Phi) is 5.58. The minimum absolute atomic E-state index is 0.138. The van der Waals surface area contributed by atoms with E-state index in [1.807, 2.05) is 0 Å². The number of alkyl halides is 2. The van der Waals surface area contributed by atoms with Gasteiger partial charge >= 0.3 is 13.1 Å². The first-order chi connectivity index (χ1) is 12.2. The minimum Gasteiger partial charge on any atom is -0.481 e. The second kappa shape index (κ2) is 7.42. The molecule has 1 aliphatic heterocycles. The van der Waals surface area contributed by atoms with Crippen LogP contribution in [0, 0.1) is 5.92 Å². The van der Waals surface area contributed by atoms with Crippen molar-refractivity contribution in [3.8, 4) is 0 Å². The van der Waals surface area contributed by atoms with Crippen molar-refractivity contribution in [2.45, 2.75) is 44.0 Å². The normalized spacial score (nSPS) is 24.2. The van der Waals surface area contributed by atoms with Crippen LogP contribution in [0.2, 0.25) is 11.3 Å². The smallest absolute Gasteiger partial charge is 0.451 e. The Bertz CT molecular complexity index is 696. The number of hydrogen-bond donors (Lipinski definition) is 3. The zero-order chi connectivity index (χ0) is 19.1. The van der Waals surface area contributed by atoms with Gasteiger partial charge in [-0.3, -0.25) is 9.69 Å². The number of hydrogen-bond acceptors (Lipinski definition) is 4. The van der Waals surface area contributed by atoms with Crippen LogP contribution in [0.4, 0.5) is 8.78 Å². The quantitative estimate of drug-likeness (QED) is 0.626. The van der Waals surface area contributed by atoms with E-state index in [0.717, 1.165) is 5.56 Å². The highest BCUT2D eigenvalue weighted by Gasteiger charge is 2.44. The van der Waals surface area contributed by atoms with E-state index in [1.54, 1.807) is 17.0 Å². The molecule has 3 rings (SSSR count). The van der Waals surface area contributed by atoms with Crippen molar-refractivity contribution in [2.24, 2.45) is 5.92 Å². The molecule has 1 aliphatic carbocycles. The van der Waals surface area contributed by atoms with Gasteiger partial charge in [-0.25, -0.2) is 8.78 Å². The van der Waals surface area contributed by atoms with Crippen LogP contribution in [0.5, 0.6) is 0 Å². The van der Waals surface area contributed by atoms with E-state index in [1.165, 1.54) is 0 Å². The average Bonchev–Trinajstić information content (AvgIpc) is 2.82. The third-order valence-corrected chi connectivity index (χ3v) is 5.56. The molecule has 0 amide bonds. The van der Waals surface area contributed by atoms with Crippen LogP contribution < -0.4 is 0 Å². The summed E-state index contributed by atoms with van der Waals surface area (Å²) < 4.78 is 26.0. The van der Waals surface area contributed by atoms with E-state index in [-0.39, 0.29) is 31.9 Å². The highest BCUT2D eigenvalue weighted by Crippen LogP contribution is 2.43. The largest absolute Gasteiger partial charge is 0.481 e. The highest BCUT2D eigenvalue weighted by atomic mass is 35.5. The van der Waals surface area contributed by atoms with Crippen molar-refractivity contribution in [3.63, 3.8) is 0 Å². The van der Waals surface area contributed by atoms with Gasteiger partial charge in [0.25, 0.3) is 5.92 Å². The summed E-state index contributed by atoms with van der Waals surface area (Å²) in [5.74, 6) is -4.41. The van der Waals surface area contributed by atoms with Crippen molar-refractivity contribution in [3.05, 3.63) is 33.8 Å². The molecular formula is C17H21BClF2NO4. The van der Waals surface area contributed by atoms with Gasteiger partial charge in [-0.2, -0.15) is 0 Å². The molecule has 0 aromatic heterocycles. The fourth-order valence-electron chi connectivity index (χ4n) is 4.05. The Morgan fingerprint density at radius 1 is 1.35 bits per heavy atom. The summed E-state index contributed by atoms with van der Waals surface area (Å²) in [6, 6.07) is 3.49. The van der Waals surface area contributed by atoms with Gasteiger partial charge in [-0.05, 0) is 47.8 Å². The predicted octanol–water partition coefficient (Wildman–Crippen LogP) is 2.38. The van der Waals surface area contributed by atoms with E-state index in [2.05, 4.69) is 0 Å². The summed E-state index contributed by atoms with van der Waals surface area (Å²) in [6.45, 7) is -0.348. The molecule has 1 saturated heterocycles. The lowest BCUT2D eigenvalue weighted by atomic mass is 9.80. The molecule has 0 bridgehead atoms. The lowest BCUT2D eigenvalue weighted by molar-refractivity contribution is -0.140. The van der Waals surface area contributed by atoms with Crippen molar-refractivity contribution in [2.75, 3.05) is 13.1 Å². The van der Waals surface area contributed by atoms with Crippen LogP contribution in [0.15, 0.2) is 12.1 Å². The zero-order valence-electron chi connectivity index (χ0n) is 14.2. The number of nitrogens with zero attached hydrogens (tertiary/aromatic N) is 1. The molecule has 2 aliphatic rings. The van der Waals surface area contributed by atoms with Gasteiger partial charge in [0.05, 0.1) is 19.0 Å². The molecule has 0 saturated carbocycles. The number of likely N-dealkylation sites (tertiary alicyclic amines) is 1. The Morgan fingerprint density at radius 3 is 2.62 bits per heavy atom. The summed E-state index contributed by atoms with van der Waals surface area (Å²) in [5.41, 5.74) is 2.23. The number of rotatable bonds is 7. The predicted molar refractivity (Wildman–Crippen MR) is 93.5 cm³/mol. The van der Waals surface area contributed by atoms with Gasteiger partial charge in [0.15, 0.2) is 0 Å². The van der Waals surface area contributed by atoms with E-state index in [0.29, 0.717) is 35.4 Å². The van der Waals surface area contributed by atoms with Crippen LogP contribution in [0.3, 0.4) is 0 Å². The molecule has 26 heavy (non-hydrogen) atoms. The first-order valence-corrected chi connectivity index (χ1v) is 9.04. The topological polar surface area (TPSA) is 81.0 Å². The fraction of sp³-hybridized carbons (Fsp3) is 0.588. The number of halogens is 3. The monoisotopic (exact) mass is 387 g/mol. The number of benzene rings is 1. The summed E-state index contributed by atoms with van der Waals surface area (Å²) in [4.78, 5) is 13.4. The molecule has 9 heteroatoms. The molecule has 0 unspecified atom stereocenters. The van der Waals surface area contributed by atoms with Crippen LogP contribution >= 0.6 is 11.6 Å². The van der Waals surface area contributed by atoms with E-state index >= 15 is 0 Å². The Balaban J connectivity index is 1.75. The summed E-state index contributed by atoms with van der Waals surface area (Å²) in [6.07, 6.45) is 1.85. The number of carboxylic acid groups (broad SMARTS) is 1. The second-order valence-corrected chi connectivity index (χ2v) is 7.74. The molecule has 1 heterocycles. The Hall–Kier alpha value is -1.22. The molecule has 3 N–H and O–H groups in total. The summed E-state index contributed by atoms with van der Waals surface area (Å²) in [5, 5.41) is 28.1. The molecule has 5 nitrogen and oxygen atoms in total. The van der Waals surface area contributed by atoms with Crippen LogP contribution in [-0.4, -0.2) is 52.2 Å². The third-order valence-electron chi connectivity index (χ3n) is 5.20. The lowest BCUT2D eigenvalue weighted by Crippen LogP contribution is -2.55. The third kappa shape index (κ3) is 4.19. The van der Waals surface area contributed by atoms with Gasteiger partial charge in [0.2, 0.25) is 0 Å². The molecule has 0 radical (unpaired) electrons. The van der Waals surface area contributed by atoms with E-state index in [4.69, 9.17) is 21.6 Å². The van der Waals surface area contributed by atoms with Crippen LogP contribution in [0.25, 0.3) is 0 Å². The zero-order valence-corrected chi connectivity index (χ0v) is 14.9. The van der Waals surface area contributed by atoms with Crippen molar-refractivity contribution in [1.29, 1.82) is 0 Å². The fourth-order valence-corrected chi connectivity index (χ4v) is 4.29. The number of carbonyl (C=O) groups is 1. The lowest BCUT2D eigenvalue weighted by Gasteiger charge is -2.38. The Labute approximate surface area is 155 Å². The standard InChI is InChI=1S/C17H21BClF2NO4/c19-14-6-11-4-10(2-1-3-18(25)26)15(16(23)24)13(11)5-12(14)7-22-8-17(20,21)9-22/h5-6,10,15,25-26H,1-4,7-9H2,(H,23,24)/t10-,15-/m0/s1. The SMILES string of the molecule is O=C(O)[C@@H]1c2cc(CN3CC(F)(F)C3)c(Cl)cc2C[C@@H]1CCCB(O)O. The number of fused-ring (bicyclic) bond motifs is 1. The number of carboxylic acids is 1. The first-order valence-electron chi connectivity index (χ1n) is 8.66. The number of aliphatic carboxylic acids is 1. The van der Waals surface area contributed by atoms with Gasteiger partial charge in [-0.15, -0.1) is 0 Å². The summed E-state index contributed by atoms with van der Waals surface area (Å²) >= 11 is 6.30. The highest BCUT2D eigenvalue weighted by molar-refractivity contribution is 6.40. The Morgan fingerprint density at radius 2 is 2.04 bits per heavy atom. The average molecular weight is 388 g/mol. The molecule has 1 fully saturated rings. The van der Waals surface area contributed by atoms with Crippen molar-refractivity contribution >= 4 is 24.7 Å². The van der Waals surface area contributed by atoms with Crippen LogP contribution in [-0.2, 0) is 17.8 Å². The van der Waals surface area contributed by atoms with Crippen LogP contribution in [0.1, 0.15) is 35.4 Å². The molecule has 1 aromatic rings. The van der Waals surface area contributed by atoms with Gasteiger partial charge in [0, 0.05) is 11.6 Å². The van der Waals surface area contributed by atoms with Gasteiger partial charge in [0.1, 0.15) is 0 Å².